The Balaban J connectivity index is 0.826. The van der Waals surface area contributed by atoms with E-state index in [1.165, 1.54) is 57.8 Å². The molecule has 310 valence electrons. The van der Waals surface area contributed by atoms with Crippen LogP contribution in [0.4, 0.5) is 0 Å². The first kappa shape index (κ1) is 37.9. The van der Waals surface area contributed by atoms with Crippen LogP contribution in [0, 0.1) is 88.8 Å². The third kappa shape index (κ3) is 7.32. The molecule has 0 bridgehead atoms. The maximum Gasteiger partial charge on any atom is 0.146 e. The molecule has 2 nitrogen and oxygen atoms in total. The summed E-state index contributed by atoms with van der Waals surface area (Å²) in [5, 5.41) is 3.00. The molecule has 55 heavy (non-hydrogen) atoms. The smallest absolute Gasteiger partial charge is 0.146 e. The van der Waals surface area contributed by atoms with Crippen molar-refractivity contribution in [3.63, 3.8) is 0 Å². The average molecular weight is 754 g/mol. The Morgan fingerprint density at radius 2 is 0.727 bits per heavy atom. The maximum absolute atomic E-state index is 3.24. The highest BCUT2D eigenvalue weighted by Gasteiger charge is 2.58. The van der Waals surface area contributed by atoms with E-state index in [0.29, 0.717) is 0 Å². The number of nitrogens with two attached hydrogens (primary N) is 1. The number of rotatable bonds is 5. The van der Waals surface area contributed by atoms with Gasteiger partial charge in [0.25, 0.3) is 0 Å². The second-order valence-electron chi connectivity index (χ2n) is 24.0. The van der Waals surface area contributed by atoms with Crippen LogP contribution in [0.5, 0.6) is 0 Å². The summed E-state index contributed by atoms with van der Waals surface area (Å²) >= 11 is 0. The minimum absolute atomic E-state index is 0.841. The molecule has 16 atom stereocenters. The largest absolute Gasteiger partial charge is 0.327 e. The molecular formula is C53H89N2+. The average Bonchev–Trinajstić information content (AvgIpc) is 3.65. The van der Waals surface area contributed by atoms with Crippen LogP contribution < -0.4 is 5.32 Å². The van der Waals surface area contributed by atoms with Gasteiger partial charge < -0.3 is 5.32 Å². The van der Waals surface area contributed by atoms with Crippen molar-refractivity contribution in [2.75, 3.05) is 0 Å². The quantitative estimate of drug-likeness (QED) is 0.296. The fraction of sp³-hybridized carbons (Fsp3) is 1.00. The summed E-state index contributed by atoms with van der Waals surface area (Å²) in [6.45, 7) is 0. The lowest BCUT2D eigenvalue weighted by molar-refractivity contribution is -0.719. The third-order valence-electron chi connectivity index (χ3n) is 22.0. The summed E-state index contributed by atoms with van der Waals surface area (Å²) in [6.07, 6.45) is 54.7. The highest BCUT2D eigenvalue weighted by molar-refractivity contribution is 5.06. The molecule has 0 spiro atoms. The normalized spacial score (nSPS) is 52.6. The summed E-state index contributed by atoms with van der Waals surface area (Å²) < 4.78 is 0. The van der Waals surface area contributed by atoms with E-state index < -0.39 is 0 Å². The van der Waals surface area contributed by atoms with Gasteiger partial charge in [-0.25, -0.2) is 4.90 Å². The van der Waals surface area contributed by atoms with Gasteiger partial charge in [0, 0.05) is 18.4 Å². The molecule has 2 heteroatoms. The fourth-order valence-electron chi connectivity index (χ4n) is 19.9. The maximum atomic E-state index is 3.24. The standard InChI is InChI=1S/C53H88N2/c1-2-16-44(17-3-1)55-50-21-11-10-20-49(50)54-53(55)38-26-22-37(23-27-38)41-30-31-47-48(34-41)52(43-29-25-36-13-5-7-15-40(36)33-43)46-19-9-8-18-45(46)51(47)42-28-24-35-12-4-6-14-39(35)32-42/h35-54H,1-34H2/p+1. The highest BCUT2D eigenvalue weighted by atomic mass is 15.4. The van der Waals surface area contributed by atoms with Crippen molar-refractivity contribution in [1.29, 1.82) is 0 Å². The molecule has 0 aromatic carbocycles. The zero-order chi connectivity index (χ0) is 36.3. The SMILES string of the molecule is C1CCC(N2C3CCCCC3[NH2+]C2C2CCC(C3CCC4C(C3)C(C3CCC5CCCCC5C3)C3CCCCC3C4C3CCC4CCCCC4C3)CC2)CC1. The minimum atomic E-state index is 0.841. The molecule has 11 fully saturated rings. The van der Waals surface area contributed by atoms with Crippen molar-refractivity contribution in [1.82, 2.24) is 4.90 Å². The van der Waals surface area contributed by atoms with Gasteiger partial charge in [-0.05, 0) is 205 Å². The molecular weight excluding hydrogens is 665 g/mol. The molecule has 10 saturated carbocycles. The van der Waals surface area contributed by atoms with Gasteiger partial charge in [0.05, 0.1) is 6.04 Å². The molecule has 0 aromatic heterocycles. The van der Waals surface area contributed by atoms with Gasteiger partial charge in [-0.3, -0.25) is 0 Å². The van der Waals surface area contributed by atoms with Gasteiger partial charge in [0.1, 0.15) is 12.2 Å². The van der Waals surface area contributed by atoms with E-state index in [-0.39, 0.29) is 0 Å². The molecule has 1 heterocycles. The summed E-state index contributed by atoms with van der Waals surface area (Å²) in [4.78, 5) is 3.24. The Morgan fingerprint density at radius 1 is 0.291 bits per heavy atom. The van der Waals surface area contributed by atoms with E-state index >= 15 is 0 Å². The Labute approximate surface area is 340 Å². The number of hydrogen-bond donors (Lipinski definition) is 1. The second kappa shape index (κ2) is 16.8. The zero-order valence-electron chi connectivity index (χ0n) is 36.0. The third-order valence-corrected chi connectivity index (χ3v) is 22.0. The Bertz CT molecular complexity index is 1250. The van der Waals surface area contributed by atoms with Crippen LogP contribution in [0.2, 0.25) is 0 Å². The van der Waals surface area contributed by atoms with E-state index in [0.717, 1.165) is 113 Å². The van der Waals surface area contributed by atoms with Crippen LogP contribution in [0.25, 0.3) is 0 Å². The van der Waals surface area contributed by atoms with Gasteiger partial charge in [-0.15, -0.1) is 0 Å². The molecule has 0 aromatic rings. The van der Waals surface area contributed by atoms with Crippen LogP contribution >= 0.6 is 0 Å². The summed E-state index contributed by atoms with van der Waals surface area (Å²) in [6, 6.07) is 2.78. The van der Waals surface area contributed by atoms with Gasteiger partial charge in [-0.1, -0.05) is 89.9 Å². The van der Waals surface area contributed by atoms with Crippen molar-refractivity contribution >= 4 is 0 Å². The fourth-order valence-corrected chi connectivity index (χ4v) is 19.9. The van der Waals surface area contributed by atoms with Crippen molar-refractivity contribution in [3.05, 3.63) is 0 Å². The highest BCUT2D eigenvalue weighted by Crippen LogP contribution is 2.65. The van der Waals surface area contributed by atoms with Gasteiger partial charge >= 0.3 is 0 Å². The van der Waals surface area contributed by atoms with Crippen LogP contribution in [-0.4, -0.2) is 29.2 Å². The first-order chi connectivity index (χ1) is 27.3. The Hall–Kier alpha value is -0.0800. The lowest BCUT2D eigenvalue weighted by Gasteiger charge is -2.62. The van der Waals surface area contributed by atoms with E-state index in [9.17, 15) is 0 Å². The molecule has 16 unspecified atom stereocenters. The number of nitrogens with zero attached hydrogens (tertiary/aromatic N) is 1. The van der Waals surface area contributed by atoms with Crippen molar-refractivity contribution < 1.29 is 5.32 Å². The Morgan fingerprint density at radius 3 is 1.38 bits per heavy atom. The monoisotopic (exact) mass is 754 g/mol. The van der Waals surface area contributed by atoms with Crippen molar-refractivity contribution in [2.45, 2.75) is 243 Å². The summed E-state index contributed by atoms with van der Waals surface area (Å²) in [7, 11) is 0. The van der Waals surface area contributed by atoms with Crippen LogP contribution in [0.1, 0.15) is 218 Å². The van der Waals surface area contributed by atoms with Crippen molar-refractivity contribution in [2.24, 2.45) is 88.8 Å². The molecule has 2 N–H and O–H groups in total. The van der Waals surface area contributed by atoms with Crippen molar-refractivity contribution in [3.8, 4) is 0 Å². The van der Waals surface area contributed by atoms with E-state index in [4.69, 9.17) is 0 Å². The number of fused-ring (bicyclic) bond motifs is 5. The molecule has 11 rings (SSSR count). The van der Waals surface area contributed by atoms with E-state index in [2.05, 4.69) is 10.2 Å². The molecule has 0 radical (unpaired) electrons. The molecule has 11 aliphatic rings. The number of hydrogen-bond acceptors (Lipinski definition) is 1. The molecule has 10 aliphatic carbocycles. The topological polar surface area (TPSA) is 19.9 Å². The summed E-state index contributed by atoms with van der Waals surface area (Å²) in [5.74, 6) is 16.6. The second-order valence-corrected chi connectivity index (χ2v) is 24.0. The number of quaternary nitrogens is 1. The minimum Gasteiger partial charge on any atom is -0.327 e. The predicted molar refractivity (Wildman–Crippen MR) is 228 cm³/mol. The first-order valence-electron chi connectivity index (χ1n) is 26.9. The Kier molecular flexibility index (Phi) is 11.5. The molecule has 1 saturated heterocycles. The van der Waals surface area contributed by atoms with Crippen LogP contribution in [0.15, 0.2) is 0 Å². The lowest BCUT2D eigenvalue weighted by atomic mass is 9.43. The van der Waals surface area contributed by atoms with Gasteiger partial charge in [-0.2, -0.15) is 0 Å². The van der Waals surface area contributed by atoms with E-state index in [1.807, 2.05) is 0 Å². The predicted octanol–water partition coefficient (Wildman–Crippen LogP) is 12.9. The first-order valence-corrected chi connectivity index (χ1v) is 26.9. The van der Waals surface area contributed by atoms with Crippen LogP contribution in [0.3, 0.4) is 0 Å². The van der Waals surface area contributed by atoms with Gasteiger partial charge in [0.2, 0.25) is 0 Å². The molecule has 1 aliphatic heterocycles. The van der Waals surface area contributed by atoms with Gasteiger partial charge in [0.15, 0.2) is 0 Å². The zero-order valence-corrected chi connectivity index (χ0v) is 36.0. The van der Waals surface area contributed by atoms with Crippen LogP contribution in [-0.2, 0) is 0 Å². The molecule has 0 amide bonds. The lowest BCUT2D eigenvalue weighted by Crippen LogP contribution is -2.94. The summed E-state index contributed by atoms with van der Waals surface area (Å²) in [5.41, 5.74) is 0. The van der Waals surface area contributed by atoms with E-state index in [1.54, 1.807) is 161 Å².